The molecule has 33 heavy (non-hydrogen) atoms. The number of aromatic amines is 1. The van der Waals surface area contributed by atoms with Crippen molar-refractivity contribution in [1.29, 1.82) is 0 Å². The molecule has 0 radical (unpaired) electrons. The number of nitrogens with zero attached hydrogens (tertiary/aromatic N) is 11. The van der Waals surface area contributed by atoms with E-state index in [2.05, 4.69) is 35.1 Å². The van der Waals surface area contributed by atoms with E-state index in [0.29, 0.717) is 0 Å². The van der Waals surface area contributed by atoms with Crippen LogP contribution < -0.4 is 14.0 Å². The van der Waals surface area contributed by atoms with E-state index in [1.165, 1.54) is 0 Å². The van der Waals surface area contributed by atoms with Crippen molar-refractivity contribution in [3.05, 3.63) is 31.1 Å². The third-order valence-electron chi connectivity index (χ3n) is 4.91. The van der Waals surface area contributed by atoms with E-state index >= 15 is 0 Å². The monoisotopic (exact) mass is 452 g/mol. The number of nitrogens with one attached hydrogen (secondary N) is 1. The zero-order valence-electron chi connectivity index (χ0n) is 20.7. The maximum atomic E-state index is 4.37. The van der Waals surface area contributed by atoms with Gasteiger partial charge in [0.2, 0.25) is 23.0 Å². The van der Waals surface area contributed by atoms with Gasteiger partial charge in [-0.2, -0.15) is 14.1 Å². The van der Waals surface area contributed by atoms with Gasteiger partial charge in [-0.15, -0.1) is 5.10 Å². The number of aryl methyl sites for hydroxylation is 3. The third-order valence-corrected chi connectivity index (χ3v) is 4.91. The quantitative estimate of drug-likeness (QED) is 0.358. The Balaban J connectivity index is 0.000000162. The van der Waals surface area contributed by atoms with Crippen molar-refractivity contribution in [2.45, 2.75) is 41.5 Å². The first kappa shape index (κ1) is 23.7. The number of rotatable bonds is 0. The summed E-state index contributed by atoms with van der Waals surface area (Å²) < 4.78 is 7.66. The molecule has 6 rings (SSSR count). The summed E-state index contributed by atoms with van der Waals surface area (Å²) in [6.07, 6.45) is 6.91. The van der Waals surface area contributed by atoms with Crippen molar-refractivity contribution in [3.8, 4) is 0 Å². The molecule has 1 aliphatic rings. The summed E-state index contributed by atoms with van der Waals surface area (Å²) in [5.74, 6) is 2.65. The Morgan fingerprint density at radius 2 is 1.70 bits per heavy atom. The molecule has 1 N–H and O–H groups in total. The minimum atomic E-state index is 0.821. The number of hydrogen-bond donors (Lipinski definition) is 1. The lowest BCUT2D eigenvalue weighted by atomic mass is 10.4. The van der Waals surface area contributed by atoms with E-state index in [0.717, 1.165) is 45.5 Å². The molecule has 0 fully saturated rings. The van der Waals surface area contributed by atoms with Gasteiger partial charge in [0.05, 0.1) is 13.4 Å². The number of aromatic nitrogens is 10. The second-order valence-corrected chi connectivity index (χ2v) is 6.85. The molecule has 5 aromatic rings. The van der Waals surface area contributed by atoms with Gasteiger partial charge in [-0.1, -0.05) is 37.7 Å². The number of imidazole rings is 2. The number of hydrazone groups is 1. The van der Waals surface area contributed by atoms with Crippen LogP contribution in [0.1, 0.15) is 40.4 Å². The summed E-state index contributed by atoms with van der Waals surface area (Å²) in [4.78, 5) is 20.0. The van der Waals surface area contributed by atoms with Crippen LogP contribution in [0.15, 0.2) is 30.4 Å². The highest BCUT2D eigenvalue weighted by molar-refractivity contribution is 5.97. The van der Waals surface area contributed by atoms with Crippen LogP contribution in [0.4, 0.5) is 5.82 Å². The molecule has 12 heteroatoms. The zero-order valence-corrected chi connectivity index (χ0v) is 20.7. The second-order valence-electron chi connectivity index (χ2n) is 6.85. The van der Waals surface area contributed by atoms with Gasteiger partial charge >= 0.3 is 5.65 Å². The molecule has 0 bridgehead atoms. The first-order chi connectivity index (χ1) is 16.0. The maximum absolute atomic E-state index is 4.37. The van der Waals surface area contributed by atoms with Crippen molar-refractivity contribution >= 4 is 39.6 Å². The minimum Gasteiger partial charge on any atom is -0.314 e. The summed E-state index contributed by atoms with van der Waals surface area (Å²) in [5, 5.41) is 10.5. The van der Waals surface area contributed by atoms with Gasteiger partial charge in [-0.25, -0.2) is 19.1 Å². The van der Waals surface area contributed by atoms with Crippen LogP contribution in [0, 0.1) is 6.92 Å². The summed E-state index contributed by atoms with van der Waals surface area (Å²) in [7, 11) is 5.73. The molecule has 6 heterocycles. The van der Waals surface area contributed by atoms with Gasteiger partial charge in [0.25, 0.3) is 11.5 Å². The van der Waals surface area contributed by atoms with Crippen LogP contribution in [0.25, 0.3) is 28.0 Å². The Kier molecular flexibility index (Phi) is 6.95. The van der Waals surface area contributed by atoms with Gasteiger partial charge in [0.1, 0.15) is 0 Å². The molecule has 5 aromatic heterocycles. The highest BCUT2D eigenvalue weighted by Crippen LogP contribution is 2.23. The second kappa shape index (κ2) is 9.67. The van der Waals surface area contributed by atoms with Crippen molar-refractivity contribution < 1.29 is 8.97 Å². The fourth-order valence-corrected chi connectivity index (χ4v) is 3.59. The molecule has 0 spiro atoms. The smallest absolute Gasteiger partial charge is 0.307 e. The average Bonchev–Trinajstić information content (AvgIpc) is 3.42. The average molecular weight is 453 g/mol. The molecular formula is C21H32N12+2. The number of anilines is 1. The van der Waals surface area contributed by atoms with Crippen LogP contribution in [-0.2, 0) is 14.1 Å². The van der Waals surface area contributed by atoms with Gasteiger partial charge in [0, 0.05) is 27.9 Å². The van der Waals surface area contributed by atoms with Gasteiger partial charge in [0.15, 0.2) is 24.3 Å². The zero-order chi connectivity index (χ0) is 24.3. The summed E-state index contributed by atoms with van der Waals surface area (Å²) >= 11 is 0. The molecule has 0 amide bonds. The Bertz CT molecular complexity index is 1420. The molecule has 12 nitrogen and oxygen atoms in total. The SMILES string of the molecule is CC.CC.CC1=NN(C)c2ncnc3c2n1c[n+]3C.Cc1nn(C)c2nc[nH]c3nc[n+]1c32. The van der Waals surface area contributed by atoms with Crippen molar-refractivity contribution in [2.75, 3.05) is 12.1 Å². The summed E-state index contributed by atoms with van der Waals surface area (Å²) in [6.45, 7) is 11.9. The Morgan fingerprint density at radius 3 is 2.42 bits per heavy atom. The third kappa shape index (κ3) is 3.99. The van der Waals surface area contributed by atoms with Crippen LogP contribution in [0.3, 0.4) is 0 Å². The number of hydrogen-bond acceptors (Lipinski definition) is 7. The van der Waals surface area contributed by atoms with Crippen molar-refractivity contribution in [3.63, 3.8) is 0 Å². The molecular weight excluding hydrogens is 420 g/mol. The van der Waals surface area contributed by atoms with Crippen molar-refractivity contribution in [1.82, 2.24) is 39.3 Å². The van der Waals surface area contributed by atoms with Gasteiger partial charge in [-0.05, 0) is 5.10 Å². The Labute approximate surface area is 192 Å². The lowest BCUT2D eigenvalue weighted by Crippen LogP contribution is -2.28. The highest BCUT2D eigenvalue weighted by Gasteiger charge is 2.26. The molecule has 0 atom stereocenters. The molecule has 0 aromatic carbocycles. The van der Waals surface area contributed by atoms with Crippen LogP contribution in [-0.4, -0.2) is 52.2 Å². The lowest BCUT2D eigenvalue weighted by Gasteiger charge is -2.16. The van der Waals surface area contributed by atoms with E-state index in [-0.39, 0.29) is 0 Å². The minimum absolute atomic E-state index is 0.821. The standard InChI is InChI=1S/C9H11N6.C8H8N6.2C2H6/c1-6-12-14(3)9-7-8(10-4-11-9)13(2)5-15(6)7;1-5-12-13(2)8-6-7(9-3-10-8)11-4-14(5)6;2*1-2/h4-5H,1-3H3;3-4H,1-2H3;2*1-2H3/q+1;;;/p+1. The molecule has 1 aliphatic heterocycles. The Hall–Kier alpha value is -3.96. The van der Waals surface area contributed by atoms with Gasteiger partial charge in [-0.3, -0.25) is 0 Å². The molecule has 0 saturated heterocycles. The summed E-state index contributed by atoms with van der Waals surface area (Å²) in [6, 6.07) is 0. The van der Waals surface area contributed by atoms with Crippen LogP contribution in [0.5, 0.6) is 0 Å². The Morgan fingerprint density at radius 1 is 0.970 bits per heavy atom. The number of H-pyrrole nitrogens is 1. The lowest BCUT2D eigenvalue weighted by molar-refractivity contribution is -0.647. The predicted octanol–water partition coefficient (Wildman–Crippen LogP) is 1.68. The van der Waals surface area contributed by atoms with E-state index in [1.54, 1.807) is 28.7 Å². The first-order valence-corrected chi connectivity index (χ1v) is 11.0. The van der Waals surface area contributed by atoms with Crippen LogP contribution >= 0.6 is 0 Å². The molecule has 0 saturated carbocycles. The fourth-order valence-electron chi connectivity index (χ4n) is 3.59. The fraction of sp³-hybridized carbons (Fsp3) is 0.429. The van der Waals surface area contributed by atoms with E-state index < -0.39 is 0 Å². The van der Waals surface area contributed by atoms with E-state index in [9.17, 15) is 0 Å². The summed E-state index contributed by atoms with van der Waals surface area (Å²) in [5.41, 5.74) is 4.55. The molecule has 174 valence electrons. The van der Waals surface area contributed by atoms with Crippen LogP contribution in [0.2, 0.25) is 0 Å². The predicted molar refractivity (Wildman–Crippen MR) is 127 cm³/mol. The highest BCUT2D eigenvalue weighted by atomic mass is 15.5. The van der Waals surface area contributed by atoms with E-state index in [1.807, 2.05) is 82.5 Å². The topological polar surface area (TPSA) is 114 Å². The maximum Gasteiger partial charge on any atom is 0.307 e. The molecule has 0 aliphatic carbocycles. The molecule has 0 unspecified atom stereocenters. The van der Waals surface area contributed by atoms with Crippen molar-refractivity contribution in [2.24, 2.45) is 19.2 Å². The first-order valence-electron chi connectivity index (χ1n) is 11.0. The largest absolute Gasteiger partial charge is 0.314 e. The van der Waals surface area contributed by atoms with Gasteiger partial charge < -0.3 is 4.98 Å². The normalized spacial score (nSPS) is 11.9. The van der Waals surface area contributed by atoms with E-state index in [4.69, 9.17) is 0 Å².